The van der Waals surface area contributed by atoms with E-state index in [1.165, 1.54) is 0 Å². The minimum atomic E-state index is -0.550. The average Bonchev–Trinajstić information content (AvgIpc) is 2.58. The second-order valence-corrected chi connectivity index (χ2v) is 5.71. The number of carbonyl (C=O) groups is 2. The van der Waals surface area contributed by atoms with E-state index in [4.69, 9.17) is 9.47 Å². The molecule has 1 aromatic rings. The van der Waals surface area contributed by atoms with Gasteiger partial charge in [-0.25, -0.2) is 0 Å². The lowest BCUT2D eigenvalue weighted by Gasteiger charge is -2.26. The summed E-state index contributed by atoms with van der Waals surface area (Å²) in [6.07, 6.45) is 1.46. The van der Waals surface area contributed by atoms with E-state index in [9.17, 15) is 9.59 Å². The second kappa shape index (κ2) is 7.85. The van der Waals surface area contributed by atoms with E-state index in [1.807, 2.05) is 25.1 Å². The molecule has 0 bridgehead atoms. The number of hydrogen-bond acceptors (Lipinski definition) is 4. The zero-order chi connectivity index (χ0) is 16.8. The Morgan fingerprint density at radius 3 is 2.91 bits per heavy atom. The van der Waals surface area contributed by atoms with Crippen LogP contribution in [0, 0.1) is 5.92 Å². The van der Waals surface area contributed by atoms with Crippen molar-refractivity contribution in [1.29, 1.82) is 0 Å². The number of fused-ring (bicyclic) bond motifs is 1. The number of carbonyl (C=O) groups excluding carboxylic acids is 2. The molecule has 23 heavy (non-hydrogen) atoms. The van der Waals surface area contributed by atoms with E-state index in [2.05, 4.69) is 10.6 Å². The topological polar surface area (TPSA) is 76.7 Å². The highest BCUT2D eigenvalue weighted by Gasteiger charge is 2.28. The van der Waals surface area contributed by atoms with Crippen molar-refractivity contribution in [2.24, 2.45) is 5.92 Å². The van der Waals surface area contributed by atoms with Crippen LogP contribution < -0.4 is 20.1 Å². The summed E-state index contributed by atoms with van der Waals surface area (Å²) in [7, 11) is 1.60. The maximum atomic E-state index is 12.3. The van der Waals surface area contributed by atoms with Gasteiger partial charge < -0.3 is 20.1 Å². The quantitative estimate of drug-likeness (QED) is 0.828. The number of nitrogens with one attached hydrogen (secondary N) is 2. The van der Waals surface area contributed by atoms with Gasteiger partial charge in [0, 0.05) is 12.6 Å². The SMILES string of the molecule is CCCNC(=O)[C@@H](C)NC(=O)[C@@H]1COc2cc(OC)ccc2C1. The summed E-state index contributed by atoms with van der Waals surface area (Å²) >= 11 is 0. The molecular formula is C17H24N2O4. The van der Waals surface area contributed by atoms with Crippen LogP contribution in [-0.2, 0) is 16.0 Å². The number of benzene rings is 1. The summed E-state index contributed by atoms with van der Waals surface area (Å²) in [5.41, 5.74) is 0.972. The minimum Gasteiger partial charge on any atom is -0.497 e. The van der Waals surface area contributed by atoms with Gasteiger partial charge in [-0.2, -0.15) is 0 Å². The first kappa shape index (κ1) is 17.1. The molecule has 0 aliphatic carbocycles. The van der Waals surface area contributed by atoms with Crippen molar-refractivity contribution in [2.75, 3.05) is 20.3 Å². The lowest BCUT2D eigenvalue weighted by Crippen LogP contribution is -2.48. The third-order valence-electron chi connectivity index (χ3n) is 3.85. The van der Waals surface area contributed by atoms with E-state index in [1.54, 1.807) is 14.0 Å². The van der Waals surface area contributed by atoms with Gasteiger partial charge in [0.1, 0.15) is 24.1 Å². The zero-order valence-electron chi connectivity index (χ0n) is 13.8. The molecule has 0 saturated heterocycles. The summed E-state index contributed by atoms with van der Waals surface area (Å²) in [5, 5.41) is 5.53. The maximum absolute atomic E-state index is 12.3. The summed E-state index contributed by atoms with van der Waals surface area (Å²) in [5.74, 6) is 0.861. The number of ether oxygens (including phenoxy) is 2. The third-order valence-corrected chi connectivity index (χ3v) is 3.85. The van der Waals surface area contributed by atoms with Gasteiger partial charge in [-0.15, -0.1) is 0 Å². The van der Waals surface area contributed by atoms with Crippen molar-refractivity contribution in [3.63, 3.8) is 0 Å². The monoisotopic (exact) mass is 320 g/mol. The molecule has 1 heterocycles. The van der Waals surface area contributed by atoms with Gasteiger partial charge in [-0.05, 0) is 31.4 Å². The van der Waals surface area contributed by atoms with Crippen LogP contribution in [-0.4, -0.2) is 38.1 Å². The highest BCUT2D eigenvalue weighted by Crippen LogP contribution is 2.31. The smallest absolute Gasteiger partial charge is 0.242 e. The molecule has 0 aromatic heterocycles. The molecule has 0 radical (unpaired) electrons. The van der Waals surface area contributed by atoms with Crippen LogP contribution in [0.2, 0.25) is 0 Å². The van der Waals surface area contributed by atoms with E-state index in [0.29, 0.717) is 19.6 Å². The Hall–Kier alpha value is -2.24. The number of methoxy groups -OCH3 is 1. The van der Waals surface area contributed by atoms with Gasteiger partial charge in [0.15, 0.2) is 0 Å². The molecule has 6 nitrogen and oxygen atoms in total. The van der Waals surface area contributed by atoms with Crippen molar-refractivity contribution in [3.8, 4) is 11.5 Å². The molecule has 2 rings (SSSR count). The highest BCUT2D eigenvalue weighted by molar-refractivity contribution is 5.88. The summed E-state index contributed by atoms with van der Waals surface area (Å²) in [6.45, 7) is 4.58. The van der Waals surface area contributed by atoms with E-state index < -0.39 is 6.04 Å². The Morgan fingerprint density at radius 1 is 1.43 bits per heavy atom. The third kappa shape index (κ3) is 4.37. The molecule has 2 N–H and O–H groups in total. The lowest BCUT2D eigenvalue weighted by atomic mass is 9.95. The normalized spacial score (nSPS) is 17.4. The molecule has 6 heteroatoms. The molecule has 0 saturated carbocycles. The van der Waals surface area contributed by atoms with Crippen LogP contribution >= 0.6 is 0 Å². The van der Waals surface area contributed by atoms with E-state index in [-0.39, 0.29) is 17.7 Å². The van der Waals surface area contributed by atoms with Crippen molar-refractivity contribution >= 4 is 11.8 Å². The standard InChI is InChI=1S/C17H24N2O4/c1-4-7-18-16(20)11(2)19-17(21)13-8-12-5-6-14(22-3)9-15(12)23-10-13/h5-6,9,11,13H,4,7-8,10H2,1-3H3,(H,18,20)(H,19,21)/t11-,13+/m1/s1. The van der Waals surface area contributed by atoms with Crippen LogP contribution in [0.25, 0.3) is 0 Å². The first-order valence-corrected chi connectivity index (χ1v) is 7.93. The predicted octanol–water partition coefficient (Wildman–Crippen LogP) is 1.28. The van der Waals surface area contributed by atoms with Gasteiger partial charge >= 0.3 is 0 Å². The predicted molar refractivity (Wildman–Crippen MR) is 86.6 cm³/mol. The fourth-order valence-electron chi connectivity index (χ4n) is 2.45. The van der Waals surface area contributed by atoms with Gasteiger partial charge in [0.2, 0.25) is 11.8 Å². The van der Waals surface area contributed by atoms with Crippen LogP contribution in [0.5, 0.6) is 11.5 Å². The molecule has 0 fully saturated rings. The molecule has 1 aromatic carbocycles. The largest absolute Gasteiger partial charge is 0.497 e. The fraction of sp³-hybridized carbons (Fsp3) is 0.529. The molecule has 0 unspecified atom stereocenters. The molecule has 2 atom stereocenters. The second-order valence-electron chi connectivity index (χ2n) is 5.71. The minimum absolute atomic E-state index is 0.161. The Bertz CT molecular complexity index is 574. The maximum Gasteiger partial charge on any atom is 0.242 e. The van der Waals surface area contributed by atoms with Crippen molar-refractivity contribution in [3.05, 3.63) is 23.8 Å². The molecule has 1 aliphatic heterocycles. The Labute approximate surface area is 136 Å². The van der Waals surface area contributed by atoms with E-state index >= 15 is 0 Å². The van der Waals surface area contributed by atoms with Crippen LogP contribution in [0.3, 0.4) is 0 Å². The van der Waals surface area contributed by atoms with Crippen molar-refractivity contribution in [1.82, 2.24) is 10.6 Å². The lowest BCUT2D eigenvalue weighted by molar-refractivity contribution is -0.131. The summed E-state index contributed by atoms with van der Waals surface area (Å²) in [4.78, 5) is 24.1. The molecule has 2 amide bonds. The fourth-order valence-corrected chi connectivity index (χ4v) is 2.45. The van der Waals surface area contributed by atoms with Crippen LogP contribution in [0.4, 0.5) is 0 Å². The Kier molecular flexibility index (Phi) is 5.84. The summed E-state index contributed by atoms with van der Waals surface area (Å²) in [6, 6.07) is 5.03. The zero-order valence-corrected chi connectivity index (χ0v) is 13.8. The Balaban J connectivity index is 1.92. The molecule has 1 aliphatic rings. The van der Waals surface area contributed by atoms with Crippen LogP contribution in [0.15, 0.2) is 18.2 Å². The van der Waals surface area contributed by atoms with Gasteiger partial charge in [0.05, 0.1) is 13.0 Å². The number of amides is 2. The van der Waals surface area contributed by atoms with Crippen molar-refractivity contribution in [2.45, 2.75) is 32.7 Å². The summed E-state index contributed by atoms with van der Waals surface area (Å²) < 4.78 is 10.8. The Morgan fingerprint density at radius 2 is 2.22 bits per heavy atom. The number of rotatable bonds is 6. The first-order valence-electron chi connectivity index (χ1n) is 7.93. The van der Waals surface area contributed by atoms with Gasteiger partial charge in [-0.3, -0.25) is 9.59 Å². The van der Waals surface area contributed by atoms with E-state index in [0.717, 1.165) is 23.5 Å². The van der Waals surface area contributed by atoms with Gasteiger partial charge in [-0.1, -0.05) is 13.0 Å². The molecular weight excluding hydrogens is 296 g/mol. The first-order chi connectivity index (χ1) is 11.0. The average molecular weight is 320 g/mol. The van der Waals surface area contributed by atoms with Crippen molar-refractivity contribution < 1.29 is 19.1 Å². The van der Waals surface area contributed by atoms with Crippen LogP contribution in [0.1, 0.15) is 25.8 Å². The van der Waals surface area contributed by atoms with Gasteiger partial charge in [0.25, 0.3) is 0 Å². The number of hydrogen-bond donors (Lipinski definition) is 2. The molecule has 126 valence electrons. The molecule has 0 spiro atoms. The highest BCUT2D eigenvalue weighted by atomic mass is 16.5.